The number of carbonyl (C=O) groups excluding carboxylic acids is 1. The Morgan fingerprint density at radius 3 is 2.92 bits per heavy atom. The Morgan fingerprint density at radius 1 is 1.25 bits per heavy atom. The van der Waals surface area contributed by atoms with Crippen LogP contribution < -0.4 is 5.73 Å². The van der Waals surface area contributed by atoms with Crippen LogP contribution in [0.5, 0.6) is 0 Å². The topological polar surface area (TPSA) is 87.9 Å². The van der Waals surface area contributed by atoms with Crippen LogP contribution in [0.2, 0.25) is 0 Å². The van der Waals surface area contributed by atoms with Crippen LogP contribution in [0.25, 0.3) is 10.9 Å². The molecule has 3 heterocycles. The number of rotatable bonds is 3. The molecule has 1 aromatic carbocycles. The van der Waals surface area contributed by atoms with Gasteiger partial charge in [-0.15, -0.1) is 0 Å². The van der Waals surface area contributed by atoms with Crippen LogP contribution in [0.15, 0.2) is 42.9 Å². The second-order valence-electron chi connectivity index (χ2n) is 6.21. The van der Waals surface area contributed by atoms with Crippen molar-refractivity contribution in [3.63, 3.8) is 0 Å². The molecule has 0 saturated heterocycles. The fourth-order valence-electron chi connectivity index (χ4n) is 3.33. The number of H-pyrrole nitrogens is 1. The number of pyridine rings is 1. The molecule has 0 spiro atoms. The normalized spacial score (nSPS) is 17.8. The fourth-order valence-corrected chi connectivity index (χ4v) is 3.33. The summed E-state index contributed by atoms with van der Waals surface area (Å²) in [5.41, 5.74) is 10.6. The number of aromatic nitrogens is 3. The van der Waals surface area contributed by atoms with E-state index < -0.39 is 6.04 Å². The first-order chi connectivity index (χ1) is 11.7. The van der Waals surface area contributed by atoms with Crippen LogP contribution in [-0.2, 0) is 24.2 Å². The minimum absolute atomic E-state index is 0.0110. The molecular formula is C18H19N5O. The Labute approximate surface area is 139 Å². The first kappa shape index (κ1) is 14.8. The Hall–Kier alpha value is -2.73. The summed E-state index contributed by atoms with van der Waals surface area (Å²) in [7, 11) is 0. The third-order valence-corrected chi connectivity index (χ3v) is 4.67. The van der Waals surface area contributed by atoms with Crippen LogP contribution in [0, 0.1) is 0 Å². The van der Waals surface area contributed by atoms with Gasteiger partial charge in [-0.05, 0) is 47.7 Å². The van der Waals surface area contributed by atoms with Gasteiger partial charge in [0.05, 0.1) is 17.8 Å². The number of carbonyl (C=O) groups is 1. The van der Waals surface area contributed by atoms with Gasteiger partial charge in [-0.3, -0.25) is 14.9 Å². The van der Waals surface area contributed by atoms with Gasteiger partial charge in [-0.25, -0.2) is 0 Å². The van der Waals surface area contributed by atoms with E-state index in [9.17, 15) is 4.79 Å². The average molecular weight is 321 g/mol. The highest BCUT2D eigenvalue weighted by Crippen LogP contribution is 2.26. The molecule has 122 valence electrons. The van der Waals surface area contributed by atoms with E-state index in [2.05, 4.69) is 21.2 Å². The largest absolute Gasteiger partial charge is 0.337 e. The SMILES string of the molecule is N[C@@H]1Cc2ccc3[nH]ncc3c2CN(CCc2ccncc2)C1=O. The average Bonchev–Trinajstić information content (AvgIpc) is 3.04. The molecule has 1 atom stereocenters. The number of fused-ring (bicyclic) bond motifs is 3. The molecule has 6 heteroatoms. The van der Waals surface area contributed by atoms with Gasteiger partial charge in [0.15, 0.2) is 0 Å². The molecule has 2 aromatic heterocycles. The molecule has 0 bridgehead atoms. The number of nitrogens with two attached hydrogens (primary N) is 1. The summed E-state index contributed by atoms with van der Waals surface area (Å²) in [6.45, 7) is 1.22. The maximum atomic E-state index is 12.7. The zero-order valence-corrected chi connectivity index (χ0v) is 13.3. The van der Waals surface area contributed by atoms with E-state index in [0.29, 0.717) is 19.5 Å². The minimum Gasteiger partial charge on any atom is -0.337 e. The maximum absolute atomic E-state index is 12.7. The molecule has 24 heavy (non-hydrogen) atoms. The lowest BCUT2D eigenvalue weighted by Gasteiger charge is -2.23. The Balaban J connectivity index is 1.64. The highest BCUT2D eigenvalue weighted by atomic mass is 16.2. The number of hydrogen-bond donors (Lipinski definition) is 2. The number of aromatic amines is 1. The number of amides is 1. The van der Waals surface area contributed by atoms with Gasteiger partial charge in [-0.2, -0.15) is 5.10 Å². The van der Waals surface area contributed by atoms with E-state index in [1.165, 1.54) is 0 Å². The van der Waals surface area contributed by atoms with Gasteiger partial charge >= 0.3 is 0 Å². The minimum atomic E-state index is -0.493. The summed E-state index contributed by atoms with van der Waals surface area (Å²) in [6, 6.07) is 7.52. The van der Waals surface area contributed by atoms with Crippen molar-refractivity contribution in [3.8, 4) is 0 Å². The molecule has 0 fully saturated rings. The summed E-state index contributed by atoms with van der Waals surface area (Å²) in [6.07, 6.45) is 6.74. The number of benzene rings is 1. The van der Waals surface area contributed by atoms with Gasteiger partial charge in [0, 0.05) is 30.9 Å². The van der Waals surface area contributed by atoms with Crippen molar-refractivity contribution in [3.05, 3.63) is 59.5 Å². The zero-order chi connectivity index (χ0) is 16.5. The molecule has 4 rings (SSSR count). The van der Waals surface area contributed by atoms with E-state index in [0.717, 1.165) is 34.0 Å². The van der Waals surface area contributed by atoms with Crippen molar-refractivity contribution in [2.75, 3.05) is 6.54 Å². The number of hydrogen-bond acceptors (Lipinski definition) is 4. The van der Waals surface area contributed by atoms with Crippen molar-refractivity contribution in [1.29, 1.82) is 0 Å². The van der Waals surface area contributed by atoms with Crippen molar-refractivity contribution in [2.45, 2.75) is 25.4 Å². The smallest absolute Gasteiger partial charge is 0.240 e. The summed E-state index contributed by atoms with van der Waals surface area (Å²) in [4.78, 5) is 18.6. The molecule has 0 aliphatic carbocycles. The van der Waals surface area contributed by atoms with Gasteiger partial charge in [0.2, 0.25) is 5.91 Å². The van der Waals surface area contributed by atoms with Crippen LogP contribution in [0.4, 0.5) is 0 Å². The molecule has 3 aromatic rings. The molecule has 3 N–H and O–H groups in total. The Morgan fingerprint density at radius 2 is 2.08 bits per heavy atom. The molecular weight excluding hydrogens is 302 g/mol. The number of nitrogens with one attached hydrogen (secondary N) is 1. The van der Waals surface area contributed by atoms with Gasteiger partial charge in [0.25, 0.3) is 0 Å². The quantitative estimate of drug-likeness (QED) is 0.763. The predicted molar refractivity (Wildman–Crippen MR) is 91.1 cm³/mol. The second-order valence-corrected chi connectivity index (χ2v) is 6.21. The third-order valence-electron chi connectivity index (χ3n) is 4.67. The number of nitrogens with zero attached hydrogens (tertiary/aromatic N) is 3. The molecule has 0 saturated carbocycles. The van der Waals surface area contributed by atoms with E-state index in [-0.39, 0.29) is 5.91 Å². The van der Waals surface area contributed by atoms with Gasteiger partial charge < -0.3 is 10.6 Å². The Kier molecular flexibility index (Phi) is 3.74. The summed E-state index contributed by atoms with van der Waals surface area (Å²) in [5.74, 6) is 0.0110. The van der Waals surface area contributed by atoms with E-state index in [1.807, 2.05) is 29.3 Å². The summed E-state index contributed by atoms with van der Waals surface area (Å²) >= 11 is 0. The summed E-state index contributed by atoms with van der Waals surface area (Å²) in [5, 5.41) is 8.20. The van der Waals surface area contributed by atoms with E-state index in [1.54, 1.807) is 12.4 Å². The lowest BCUT2D eigenvalue weighted by molar-refractivity contribution is -0.132. The second kappa shape index (κ2) is 6.05. The van der Waals surface area contributed by atoms with Gasteiger partial charge in [-0.1, -0.05) is 6.07 Å². The predicted octanol–water partition coefficient (Wildman–Crippen LogP) is 1.41. The highest BCUT2D eigenvalue weighted by molar-refractivity contribution is 5.87. The van der Waals surface area contributed by atoms with Crippen molar-refractivity contribution in [2.24, 2.45) is 5.73 Å². The first-order valence-corrected chi connectivity index (χ1v) is 8.09. The Bertz CT molecular complexity index is 874. The van der Waals surface area contributed by atoms with Crippen molar-refractivity contribution in [1.82, 2.24) is 20.1 Å². The third kappa shape index (κ3) is 2.65. The lowest BCUT2D eigenvalue weighted by Crippen LogP contribution is -2.43. The van der Waals surface area contributed by atoms with Gasteiger partial charge in [0.1, 0.15) is 0 Å². The fraction of sp³-hybridized carbons (Fsp3) is 0.278. The first-order valence-electron chi connectivity index (χ1n) is 8.09. The summed E-state index contributed by atoms with van der Waals surface area (Å²) < 4.78 is 0. The lowest BCUT2D eigenvalue weighted by atomic mass is 9.99. The van der Waals surface area contributed by atoms with E-state index >= 15 is 0 Å². The van der Waals surface area contributed by atoms with Crippen LogP contribution in [0.3, 0.4) is 0 Å². The van der Waals surface area contributed by atoms with Crippen LogP contribution in [0.1, 0.15) is 16.7 Å². The monoisotopic (exact) mass is 321 g/mol. The molecule has 6 nitrogen and oxygen atoms in total. The zero-order valence-electron chi connectivity index (χ0n) is 13.3. The molecule has 1 aliphatic rings. The molecule has 0 radical (unpaired) electrons. The van der Waals surface area contributed by atoms with Crippen LogP contribution >= 0.6 is 0 Å². The standard InChI is InChI=1S/C18H19N5O/c19-16-9-13-1-2-17-14(10-21-22-17)15(13)11-23(18(16)24)8-5-12-3-6-20-7-4-12/h1-4,6-7,10,16H,5,8-9,11,19H2,(H,21,22)/t16-/m1/s1. The van der Waals surface area contributed by atoms with E-state index in [4.69, 9.17) is 5.73 Å². The van der Waals surface area contributed by atoms with Crippen LogP contribution in [-0.4, -0.2) is 38.6 Å². The maximum Gasteiger partial charge on any atom is 0.240 e. The molecule has 0 unspecified atom stereocenters. The van der Waals surface area contributed by atoms with Crippen molar-refractivity contribution < 1.29 is 4.79 Å². The molecule has 1 aliphatic heterocycles. The molecule has 1 amide bonds. The van der Waals surface area contributed by atoms with Crippen molar-refractivity contribution >= 4 is 16.8 Å². The highest BCUT2D eigenvalue weighted by Gasteiger charge is 2.28.